The molecule has 1 heterocycles. The molecule has 1 fully saturated rings. The Morgan fingerprint density at radius 3 is 2.75 bits per heavy atom. The van der Waals surface area contributed by atoms with Gasteiger partial charge in [0.05, 0.1) is 0 Å². The van der Waals surface area contributed by atoms with E-state index in [-0.39, 0.29) is 12.1 Å². The van der Waals surface area contributed by atoms with Gasteiger partial charge in [-0.1, -0.05) is 13.3 Å². The number of carbonyl (C=O) groups excluding carboxylic acids is 1. The first-order valence-electron chi connectivity index (χ1n) is 6.12. The summed E-state index contributed by atoms with van der Waals surface area (Å²) in [5.41, 5.74) is -0.423. The molecular formula is C12H24N2O2. The molecule has 1 rings (SSSR count). The van der Waals surface area contributed by atoms with Gasteiger partial charge in [-0.3, -0.25) is 0 Å². The van der Waals surface area contributed by atoms with Crippen LogP contribution in [-0.2, 0) is 4.74 Å². The van der Waals surface area contributed by atoms with Crippen molar-refractivity contribution in [1.82, 2.24) is 10.6 Å². The lowest BCUT2D eigenvalue weighted by molar-refractivity contribution is 0.0474. The van der Waals surface area contributed by atoms with Gasteiger partial charge in [-0.2, -0.15) is 0 Å². The molecule has 2 N–H and O–H groups in total. The van der Waals surface area contributed by atoms with Gasteiger partial charge in [0, 0.05) is 12.6 Å². The maximum absolute atomic E-state index is 11.6. The predicted molar refractivity (Wildman–Crippen MR) is 64.4 cm³/mol. The molecule has 0 bridgehead atoms. The van der Waals surface area contributed by atoms with Crippen LogP contribution < -0.4 is 10.6 Å². The average molecular weight is 228 g/mol. The van der Waals surface area contributed by atoms with Gasteiger partial charge < -0.3 is 15.4 Å². The first-order valence-corrected chi connectivity index (χ1v) is 6.12. The highest BCUT2D eigenvalue weighted by Gasteiger charge is 2.26. The zero-order valence-corrected chi connectivity index (χ0v) is 10.8. The van der Waals surface area contributed by atoms with Gasteiger partial charge in [0.1, 0.15) is 5.60 Å². The van der Waals surface area contributed by atoms with Crippen molar-refractivity contribution < 1.29 is 9.53 Å². The van der Waals surface area contributed by atoms with Gasteiger partial charge in [-0.15, -0.1) is 0 Å². The van der Waals surface area contributed by atoms with E-state index in [2.05, 4.69) is 17.6 Å². The van der Waals surface area contributed by atoms with Crippen molar-refractivity contribution in [1.29, 1.82) is 0 Å². The molecule has 0 aromatic rings. The Labute approximate surface area is 98.1 Å². The number of hydrogen-bond acceptors (Lipinski definition) is 3. The Hall–Kier alpha value is -0.770. The third kappa shape index (κ3) is 4.39. The predicted octanol–water partition coefficient (Wildman–Crippen LogP) is 1.90. The second-order valence-electron chi connectivity index (χ2n) is 5.41. The van der Waals surface area contributed by atoms with Gasteiger partial charge in [0.25, 0.3) is 0 Å². The van der Waals surface area contributed by atoms with Gasteiger partial charge in [-0.25, -0.2) is 4.79 Å². The number of alkyl carbamates (subject to hydrolysis) is 1. The zero-order chi connectivity index (χ0) is 12.2. The summed E-state index contributed by atoms with van der Waals surface area (Å²) < 4.78 is 5.26. The summed E-state index contributed by atoms with van der Waals surface area (Å²) in [5.74, 6) is 0.564. The summed E-state index contributed by atoms with van der Waals surface area (Å²) >= 11 is 0. The van der Waals surface area contributed by atoms with Crippen molar-refractivity contribution in [2.75, 3.05) is 13.1 Å². The number of rotatable bonds is 2. The minimum absolute atomic E-state index is 0.202. The summed E-state index contributed by atoms with van der Waals surface area (Å²) in [5, 5.41) is 6.25. The van der Waals surface area contributed by atoms with Crippen LogP contribution in [0.1, 0.15) is 40.5 Å². The molecule has 16 heavy (non-hydrogen) atoms. The minimum atomic E-state index is -0.423. The number of hydrogen-bond donors (Lipinski definition) is 2. The summed E-state index contributed by atoms with van der Waals surface area (Å²) in [6.07, 6.45) is 1.92. The van der Waals surface area contributed by atoms with Crippen LogP contribution in [0.5, 0.6) is 0 Å². The minimum Gasteiger partial charge on any atom is -0.444 e. The fraction of sp³-hybridized carbons (Fsp3) is 0.917. The van der Waals surface area contributed by atoms with E-state index in [9.17, 15) is 4.79 Å². The summed E-state index contributed by atoms with van der Waals surface area (Å²) in [6.45, 7) is 9.69. The molecule has 0 spiro atoms. The van der Waals surface area contributed by atoms with Gasteiger partial charge in [-0.05, 0) is 39.7 Å². The first kappa shape index (κ1) is 13.3. The van der Waals surface area contributed by atoms with Crippen molar-refractivity contribution in [2.45, 2.75) is 52.2 Å². The molecule has 94 valence electrons. The first-order chi connectivity index (χ1) is 7.42. The highest BCUT2D eigenvalue weighted by Crippen LogP contribution is 2.17. The molecule has 4 heteroatoms. The monoisotopic (exact) mass is 228 g/mol. The van der Waals surface area contributed by atoms with E-state index >= 15 is 0 Å². The van der Waals surface area contributed by atoms with Gasteiger partial charge in [0.2, 0.25) is 0 Å². The van der Waals surface area contributed by atoms with Crippen LogP contribution in [0.2, 0.25) is 0 Å². The van der Waals surface area contributed by atoms with Gasteiger partial charge in [0.15, 0.2) is 0 Å². The number of piperidine rings is 1. The summed E-state index contributed by atoms with van der Waals surface area (Å²) in [4.78, 5) is 11.6. The van der Waals surface area contributed by atoms with Crippen LogP contribution in [0, 0.1) is 5.92 Å². The van der Waals surface area contributed by atoms with E-state index < -0.39 is 5.60 Å². The van der Waals surface area contributed by atoms with Crippen LogP contribution in [0.25, 0.3) is 0 Å². The van der Waals surface area contributed by atoms with Crippen molar-refractivity contribution >= 4 is 6.09 Å². The van der Waals surface area contributed by atoms with E-state index in [1.54, 1.807) is 0 Å². The van der Waals surface area contributed by atoms with Gasteiger partial charge >= 0.3 is 6.09 Å². The Morgan fingerprint density at radius 1 is 1.50 bits per heavy atom. The highest BCUT2D eigenvalue weighted by atomic mass is 16.6. The third-order valence-corrected chi connectivity index (χ3v) is 2.85. The quantitative estimate of drug-likeness (QED) is 0.759. The van der Waals surface area contributed by atoms with Crippen LogP contribution in [0.4, 0.5) is 4.79 Å². The average Bonchev–Trinajstić information content (AvgIpc) is 2.15. The Kier molecular flexibility index (Phi) is 4.59. The van der Waals surface area contributed by atoms with Crippen molar-refractivity contribution in [3.05, 3.63) is 0 Å². The van der Waals surface area contributed by atoms with E-state index in [4.69, 9.17) is 4.74 Å². The molecule has 1 aliphatic rings. The lowest BCUT2D eigenvalue weighted by Crippen LogP contribution is -2.51. The standard InChI is InChI=1S/C12H24N2O2/c1-5-9-6-7-13-8-10(9)14-11(15)16-12(2,3)4/h9-10,13H,5-8H2,1-4H3,(H,14,15)/t9-,10-/m0/s1. The molecule has 0 saturated carbocycles. The van der Waals surface area contributed by atoms with Crippen LogP contribution in [-0.4, -0.2) is 30.8 Å². The maximum atomic E-state index is 11.6. The molecule has 4 nitrogen and oxygen atoms in total. The number of amides is 1. The van der Waals surface area contributed by atoms with E-state index in [1.165, 1.54) is 0 Å². The SMILES string of the molecule is CC[C@H]1CCNC[C@@H]1NC(=O)OC(C)(C)C. The van der Waals surface area contributed by atoms with Crippen LogP contribution in [0.3, 0.4) is 0 Å². The van der Waals surface area contributed by atoms with E-state index in [1.807, 2.05) is 20.8 Å². The van der Waals surface area contributed by atoms with Crippen LogP contribution in [0.15, 0.2) is 0 Å². The lowest BCUT2D eigenvalue weighted by Gasteiger charge is -2.32. The summed E-state index contributed by atoms with van der Waals surface area (Å²) in [6, 6.07) is 0.202. The van der Waals surface area contributed by atoms with E-state index in [0.29, 0.717) is 5.92 Å². The molecule has 1 aliphatic heterocycles. The molecule has 0 aromatic carbocycles. The van der Waals surface area contributed by atoms with Crippen LogP contribution >= 0.6 is 0 Å². The fourth-order valence-corrected chi connectivity index (χ4v) is 2.03. The smallest absolute Gasteiger partial charge is 0.407 e. The maximum Gasteiger partial charge on any atom is 0.407 e. The second-order valence-corrected chi connectivity index (χ2v) is 5.41. The fourth-order valence-electron chi connectivity index (χ4n) is 2.03. The van der Waals surface area contributed by atoms with Crippen molar-refractivity contribution in [2.24, 2.45) is 5.92 Å². The molecule has 1 amide bonds. The molecule has 0 unspecified atom stereocenters. The van der Waals surface area contributed by atoms with Crippen molar-refractivity contribution in [3.63, 3.8) is 0 Å². The molecule has 0 radical (unpaired) electrons. The largest absolute Gasteiger partial charge is 0.444 e. The zero-order valence-electron chi connectivity index (χ0n) is 10.8. The molecule has 0 aliphatic carbocycles. The topological polar surface area (TPSA) is 50.4 Å². The highest BCUT2D eigenvalue weighted by molar-refractivity contribution is 5.68. The molecular weight excluding hydrogens is 204 g/mol. The lowest BCUT2D eigenvalue weighted by atomic mass is 9.90. The second kappa shape index (κ2) is 5.53. The number of ether oxygens (including phenoxy) is 1. The Balaban J connectivity index is 2.42. The Bertz CT molecular complexity index is 236. The normalized spacial score (nSPS) is 26.2. The van der Waals surface area contributed by atoms with E-state index in [0.717, 1.165) is 25.9 Å². The third-order valence-electron chi connectivity index (χ3n) is 2.85. The molecule has 1 saturated heterocycles. The Morgan fingerprint density at radius 2 is 2.19 bits per heavy atom. The number of carbonyl (C=O) groups is 1. The van der Waals surface area contributed by atoms with Crippen molar-refractivity contribution in [3.8, 4) is 0 Å². The summed E-state index contributed by atoms with van der Waals surface area (Å²) in [7, 11) is 0. The number of nitrogens with one attached hydrogen (secondary N) is 2. The molecule has 2 atom stereocenters. The molecule has 0 aromatic heterocycles.